The smallest absolute Gasteiger partial charge is 0.233 e. The molecule has 0 unspecified atom stereocenters. The average molecular weight is 284 g/mol. The van der Waals surface area contributed by atoms with E-state index in [2.05, 4.69) is 26.1 Å². The number of carbonyl (C=O) groups is 1. The summed E-state index contributed by atoms with van der Waals surface area (Å²) in [4.78, 5) is 12.6. The first-order chi connectivity index (χ1) is 8.84. The first-order valence-corrected chi connectivity index (χ1v) is 7.83. The zero-order valence-corrected chi connectivity index (χ0v) is 13.4. The van der Waals surface area contributed by atoms with Crippen LogP contribution in [0, 0.1) is 10.8 Å². The van der Waals surface area contributed by atoms with Gasteiger partial charge in [0.05, 0.1) is 10.4 Å². The fourth-order valence-corrected chi connectivity index (χ4v) is 2.84. The Morgan fingerprint density at radius 1 is 1.37 bits per heavy atom. The monoisotopic (exact) mass is 284 g/mol. The molecule has 1 fully saturated rings. The van der Waals surface area contributed by atoms with Crippen LogP contribution in [0.5, 0.6) is 0 Å². The second-order valence-electron chi connectivity index (χ2n) is 6.60. The van der Waals surface area contributed by atoms with Gasteiger partial charge in [-0.1, -0.05) is 58.7 Å². The molecule has 0 aromatic heterocycles. The number of rotatable bonds is 8. The Balaban J connectivity index is 2.42. The van der Waals surface area contributed by atoms with Crippen LogP contribution in [0.2, 0.25) is 0 Å². The highest BCUT2D eigenvalue weighted by Gasteiger charge is 2.47. The van der Waals surface area contributed by atoms with Crippen molar-refractivity contribution in [3.63, 3.8) is 0 Å². The van der Waals surface area contributed by atoms with Crippen LogP contribution in [0.4, 0.5) is 0 Å². The number of amides is 1. The Kier molecular flexibility index (Phi) is 5.78. The molecule has 0 spiro atoms. The van der Waals surface area contributed by atoms with Crippen molar-refractivity contribution in [2.24, 2.45) is 16.6 Å². The maximum Gasteiger partial charge on any atom is 0.233 e. The predicted octanol–water partition coefficient (Wildman–Crippen LogP) is 3.17. The minimum Gasteiger partial charge on any atom is -0.392 e. The zero-order chi connectivity index (χ0) is 14.5. The lowest BCUT2D eigenvalue weighted by molar-refractivity contribution is -0.131. The van der Waals surface area contributed by atoms with E-state index in [9.17, 15) is 4.79 Å². The van der Waals surface area contributed by atoms with E-state index in [1.807, 2.05) is 0 Å². The van der Waals surface area contributed by atoms with Crippen molar-refractivity contribution in [3.05, 3.63) is 0 Å². The van der Waals surface area contributed by atoms with E-state index < -0.39 is 5.41 Å². The van der Waals surface area contributed by atoms with Crippen molar-refractivity contribution in [3.8, 4) is 0 Å². The lowest BCUT2D eigenvalue weighted by Gasteiger charge is -2.40. The summed E-state index contributed by atoms with van der Waals surface area (Å²) in [5.74, 6) is 0.0369. The van der Waals surface area contributed by atoms with Gasteiger partial charge >= 0.3 is 0 Å². The molecule has 0 aromatic carbocycles. The number of hydrogen-bond acceptors (Lipinski definition) is 2. The largest absolute Gasteiger partial charge is 0.392 e. The fourth-order valence-electron chi connectivity index (χ4n) is 2.55. The van der Waals surface area contributed by atoms with E-state index in [1.54, 1.807) is 0 Å². The Labute approximate surface area is 122 Å². The number of nitrogens with two attached hydrogens (primary N) is 1. The van der Waals surface area contributed by atoms with E-state index in [-0.39, 0.29) is 11.3 Å². The van der Waals surface area contributed by atoms with Crippen LogP contribution in [-0.4, -0.2) is 17.4 Å². The van der Waals surface area contributed by atoms with Gasteiger partial charge in [0.15, 0.2) is 0 Å². The molecular weight excluding hydrogens is 256 g/mol. The molecule has 1 saturated carbocycles. The Morgan fingerprint density at radius 2 is 2.00 bits per heavy atom. The predicted molar refractivity (Wildman–Crippen MR) is 84.0 cm³/mol. The Hall–Kier alpha value is -0.640. The van der Waals surface area contributed by atoms with E-state index in [0.717, 1.165) is 25.7 Å². The molecule has 0 bridgehead atoms. The summed E-state index contributed by atoms with van der Waals surface area (Å²) < 4.78 is 0. The molecule has 0 radical (unpaired) electrons. The SMILES string of the molecule is CCCCCC(C)(C)CNC(=O)C1(C(N)=S)CCC1. The van der Waals surface area contributed by atoms with Crippen molar-refractivity contribution < 1.29 is 4.79 Å². The minimum absolute atomic E-state index is 0.0369. The van der Waals surface area contributed by atoms with Gasteiger partial charge in [0.1, 0.15) is 0 Å². The topological polar surface area (TPSA) is 55.1 Å². The molecule has 1 aliphatic rings. The number of carbonyl (C=O) groups excluding carboxylic acids is 1. The summed E-state index contributed by atoms with van der Waals surface area (Å²) in [5, 5.41) is 3.07. The van der Waals surface area contributed by atoms with Gasteiger partial charge in [-0.2, -0.15) is 0 Å². The van der Waals surface area contributed by atoms with Crippen LogP contribution in [0.25, 0.3) is 0 Å². The van der Waals surface area contributed by atoms with E-state index in [4.69, 9.17) is 18.0 Å². The van der Waals surface area contributed by atoms with Crippen molar-refractivity contribution in [1.82, 2.24) is 5.32 Å². The van der Waals surface area contributed by atoms with E-state index in [0.29, 0.717) is 11.5 Å². The van der Waals surface area contributed by atoms with E-state index in [1.165, 1.54) is 19.3 Å². The Bertz CT molecular complexity index is 335. The molecule has 0 atom stereocenters. The number of thiocarbonyl (C=S) groups is 1. The highest BCUT2D eigenvalue weighted by molar-refractivity contribution is 7.80. The first-order valence-electron chi connectivity index (χ1n) is 7.42. The van der Waals surface area contributed by atoms with Gasteiger partial charge in [0.2, 0.25) is 5.91 Å². The maximum atomic E-state index is 12.3. The molecule has 3 N–H and O–H groups in total. The maximum absolute atomic E-state index is 12.3. The van der Waals surface area contributed by atoms with Gasteiger partial charge in [-0.3, -0.25) is 4.79 Å². The molecule has 0 aliphatic heterocycles. The summed E-state index contributed by atoms with van der Waals surface area (Å²) in [6.07, 6.45) is 7.52. The molecular formula is C15H28N2OS. The average Bonchev–Trinajstić information content (AvgIpc) is 2.24. The molecule has 3 nitrogen and oxygen atoms in total. The van der Waals surface area contributed by atoms with Crippen LogP contribution >= 0.6 is 12.2 Å². The number of nitrogens with one attached hydrogen (secondary N) is 1. The van der Waals surface area contributed by atoms with E-state index >= 15 is 0 Å². The van der Waals surface area contributed by atoms with Crippen LogP contribution in [0.3, 0.4) is 0 Å². The van der Waals surface area contributed by atoms with Crippen molar-refractivity contribution in [1.29, 1.82) is 0 Å². The molecule has 0 heterocycles. The molecule has 19 heavy (non-hydrogen) atoms. The molecule has 0 saturated heterocycles. The number of unbranched alkanes of at least 4 members (excludes halogenated alkanes) is 2. The molecule has 1 rings (SSSR count). The minimum atomic E-state index is -0.547. The second kappa shape index (κ2) is 6.69. The summed E-state index contributed by atoms with van der Waals surface area (Å²) in [6, 6.07) is 0. The first kappa shape index (κ1) is 16.4. The third kappa shape index (κ3) is 4.16. The lowest BCUT2D eigenvalue weighted by atomic mass is 9.68. The Morgan fingerprint density at radius 3 is 2.42 bits per heavy atom. The highest BCUT2D eigenvalue weighted by Crippen LogP contribution is 2.41. The summed E-state index contributed by atoms with van der Waals surface area (Å²) in [5.41, 5.74) is 5.34. The molecule has 1 amide bonds. The third-order valence-electron chi connectivity index (χ3n) is 4.30. The van der Waals surface area contributed by atoms with Gasteiger partial charge in [0.25, 0.3) is 0 Å². The lowest BCUT2D eigenvalue weighted by Crippen LogP contribution is -2.54. The van der Waals surface area contributed by atoms with Crippen molar-refractivity contribution in [2.45, 2.75) is 65.7 Å². The normalized spacial score (nSPS) is 17.6. The quantitative estimate of drug-likeness (QED) is 0.532. The van der Waals surface area contributed by atoms with Crippen molar-refractivity contribution >= 4 is 23.1 Å². The summed E-state index contributed by atoms with van der Waals surface area (Å²) in [7, 11) is 0. The van der Waals surface area contributed by atoms with Gasteiger partial charge in [-0.05, 0) is 24.7 Å². The molecule has 110 valence electrons. The summed E-state index contributed by atoms with van der Waals surface area (Å²) in [6.45, 7) is 7.32. The summed E-state index contributed by atoms with van der Waals surface area (Å²) >= 11 is 5.07. The van der Waals surface area contributed by atoms with Crippen LogP contribution in [0.15, 0.2) is 0 Å². The van der Waals surface area contributed by atoms with Gasteiger partial charge < -0.3 is 11.1 Å². The number of hydrogen-bond donors (Lipinski definition) is 2. The van der Waals surface area contributed by atoms with Gasteiger partial charge in [0, 0.05) is 6.54 Å². The van der Waals surface area contributed by atoms with Crippen molar-refractivity contribution in [2.75, 3.05) is 6.54 Å². The van der Waals surface area contributed by atoms with Gasteiger partial charge in [-0.25, -0.2) is 0 Å². The van der Waals surface area contributed by atoms with Crippen LogP contribution in [-0.2, 0) is 4.79 Å². The third-order valence-corrected chi connectivity index (χ3v) is 4.69. The van der Waals surface area contributed by atoms with Crippen LogP contribution in [0.1, 0.15) is 65.7 Å². The zero-order valence-electron chi connectivity index (χ0n) is 12.6. The molecule has 0 aromatic rings. The highest BCUT2D eigenvalue weighted by atomic mass is 32.1. The van der Waals surface area contributed by atoms with Crippen LogP contribution < -0.4 is 11.1 Å². The molecule has 4 heteroatoms. The van der Waals surface area contributed by atoms with Gasteiger partial charge in [-0.15, -0.1) is 0 Å². The molecule has 1 aliphatic carbocycles. The fraction of sp³-hybridized carbons (Fsp3) is 0.867. The standard InChI is InChI=1S/C15H28N2OS/c1-4-5-6-8-14(2,3)11-17-13(18)15(12(16)19)9-7-10-15/h4-11H2,1-3H3,(H2,16,19)(H,17,18). The second-order valence-corrected chi connectivity index (χ2v) is 7.04.